The minimum Gasteiger partial charge on any atom is -0.508 e. The highest BCUT2D eigenvalue weighted by Gasteiger charge is 2.19. The second-order valence-electron chi connectivity index (χ2n) is 4.29. The highest BCUT2D eigenvalue weighted by Crippen LogP contribution is 2.17. The number of carbonyl (C=O) groups is 1. The van der Waals surface area contributed by atoms with E-state index >= 15 is 0 Å². The van der Waals surface area contributed by atoms with Crippen molar-refractivity contribution in [2.24, 2.45) is 10.9 Å². The number of methoxy groups -OCH3 is 1. The molecule has 1 aromatic rings. The molecule has 0 radical (unpaired) electrons. The zero-order valence-electron chi connectivity index (χ0n) is 11.6. The molecular formula is C13H18FN3O4. The fourth-order valence-corrected chi connectivity index (χ4v) is 1.66. The zero-order chi connectivity index (χ0) is 15.8. The highest BCUT2D eigenvalue weighted by molar-refractivity contribution is 5.95. The summed E-state index contributed by atoms with van der Waals surface area (Å²) in [6, 6.07) is 3.30. The Bertz CT molecular complexity index is 522. The van der Waals surface area contributed by atoms with E-state index < -0.39 is 11.7 Å². The fourth-order valence-electron chi connectivity index (χ4n) is 1.66. The van der Waals surface area contributed by atoms with Gasteiger partial charge in [-0.2, -0.15) is 0 Å². The van der Waals surface area contributed by atoms with Crippen molar-refractivity contribution in [3.63, 3.8) is 0 Å². The number of nitrogens with two attached hydrogens (primary N) is 1. The summed E-state index contributed by atoms with van der Waals surface area (Å²) in [4.78, 5) is 13.6. The van der Waals surface area contributed by atoms with Crippen molar-refractivity contribution >= 4 is 11.7 Å². The first-order valence-electron chi connectivity index (χ1n) is 6.22. The molecule has 0 aliphatic heterocycles. The fraction of sp³-hybridized carbons (Fsp3) is 0.385. The highest BCUT2D eigenvalue weighted by atomic mass is 19.1. The molecule has 7 nitrogen and oxygen atoms in total. The molecule has 0 bridgehead atoms. The van der Waals surface area contributed by atoms with Crippen LogP contribution in [0.1, 0.15) is 16.8 Å². The molecule has 116 valence electrons. The molecule has 0 saturated heterocycles. The Hall–Kier alpha value is -2.35. The number of hydrogen-bond acceptors (Lipinski definition) is 5. The molecule has 0 fully saturated rings. The first kappa shape index (κ1) is 16.7. The molecule has 1 aromatic carbocycles. The summed E-state index contributed by atoms with van der Waals surface area (Å²) in [6.45, 7) is 0.647. The van der Waals surface area contributed by atoms with Crippen LogP contribution in [0.2, 0.25) is 0 Å². The van der Waals surface area contributed by atoms with E-state index in [1.165, 1.54) is 24.1 Å². The van der Waals surface area contributed by atoms with Crippen molar-refractivity contribution in [2.75, 3.05) is 26.8 Å². The van der Waals surface area contributed by atoms with Gasteiger partial charge in [-0.1, -0.05) is 5.16 Å². The Balaban J connectivity index is 2.87. The van der Waals surface area contributed by atoms with Crippen LogP contribution in [0, 0.1) is 5.82 Å². The number of phenolic OH excluding ortho intramolecular Hbond substituents is 1. The number of amides is 1. The number of nitrogens with zero attached hydrogens (tertiary/aromatic N) is 2. The van der Waals surface area contributed by atoms with Gasteiger partial charge < -0.3 is 25.7 Å². The lowest BCUT2D eigenvalue weighted by molar-refractivity contribution is 0.0696. The molecular weight excluding hydrogens is 281 g/mol. The van der Waals surface area contributed by atoms with E-state index in [0.717, 1.165) is 6.07 Å². The molecule has 0 spiro atoms. The number of hydrogen-bond donors (Lipinski definition) is 3. The summed E-state index contributed by atoms with van der Waals surface area (Å²) in [5.41, 5.74) is 5.20. The standard InChI is InChI=1S/C13H18FN3O4/c1-21-7-6-17(5-4-12(15)16-20)13(19)10-3-2-9(18)8-11(10)14/h2-3,8,18,20H,4-7H2,1H3,(H2,15,16). The third kappa shape index (κ3) is 4.92. The first-order valence-corrected chi connectivity index (χ1v) is 6.22. The second kappa shape index (κ2) is 8.05. The third-order valence-electron chi connectivity index (χ3n) is 2.80. The normalized spacial score (nSPS) is 11.4. The van der Waals surface area contributed by atoms with Crippen molar-refractivity contribution in [1.29, 1.82) is 0 Å². The van der Waals surface area contributed by atoms with Gasteiger partial charge in [-0.05, 0) is 12.1 Å². The van der Waals surface area contributed by atoms with Crippen molar-refractivity contribution in [3.8, 4) is 5.75 Å². The van der Waals surface area contributed by atoms with Crippen LogP contribution in [0.25, 0.3) is 0 Å². The van der Waals surface area contributed by atoms with E-state index in [1.54, 1.807) is 0 Å². The zero-order valence-corrected chi connectivity index (χ0v) is 11.6. The molecule has 21 heavy (non-hydrogen) atoms. The molecule has 0 aromatic heterocycles. The summed E-state index contributed by atoms with van der Waals surface area (Å²) in [6.07, 6.45) is 0.145. The van der Waals surface area contributed by atoms with Crippen molar-refractivity contribution < 1.29 is 24.2 Å². The Kier molecular flexibility index (Phi) is 6.41. The number of phenols is 1. The number of oxime groups is 1. The molecule has 0 atom stereocenters. The van der Waals surface area contributed by atoms with E-state index in [9.17, 15) is 9.18 Å². The lowest BCUT2D eigenvalue weighted by atomic mass is 10.1. The smallest absolute Gasteiger partial charge is 0.256 e. The van der Waals surface area contributed by atoms with Crippen LogP contribution in [0.4, 0.5) is 4.39 Å². The average Bonchev–Trinajstić information content (AvgIpc) is 2.46. The van der Waals surface area contributed by atoms with Crippen LogP contribution in [-0.4, -0.2) is 53.8 Å². The number of rotatable bonds is 7. The maximum atomic E-state index is 13.7. The second-order valence-corrected chi connectivity index (χ2v) is 4.29. The van der Waals surface area contributed by atoms with Crippen molar-refractivity contribution in [1.82, 2.24) is 4.90 Å². The summed E-state index contributed by atoms with van der Waals surface area (Å²) in [7, 11) is 1.48. The van der Waals surface area contributed by atoms with Crippen LogP contribution in [0.3, 0.4) is 0 Å². The molecule has 8 heteroatoms. The van der Waals surface area contributed by atoms with Crippen LogP contribution < -0.4 is 5.73 Å². The van der Waals surface area contributed by atoms with Gasteiger partial charge >= 0.3 is 0 Å². The van der Waals surface area contributed by atoms with Gasteiger partial charge in [-0.3, -0.25) is 4.79 Å². The predicted molar refractivity (Wildman–Crippen MR) is 73.9 cm³/mol. The average molecular weight is 299 g/mol. The van der Waals surface area contributed by atoms with Gasteiger partial charge in [-0.15, -0.1) is 0 Å². The summed E-state index contributed by atoms with van der Waals surface area (Å²) < 4.78 is 18.6. The van der Waals surface area contributed by atoms with Crippen molar-refractivity contribution in [3.05, 3.63) is 29.6 Å². The minimum absolute atomic E-state index is 0.0311. The van der Waals surface area contributed by atoms with Gasteiger partial charge in [0.25, 0.3) is 5.91 Å². The van der Waals surface area contributed by atoms with E-state index in [4.69, 9.17) is 20.8 Å². The van der Waals surface area contributed by atoms with Crippen LogP contribution in [0.5, 0.6) is 5.75 Å². The molecule has 1 rings (SSSR count). The molecule has 1 amide bonds. The number of benzene rings is 1. The summed E-state index contributed by atoms with van der Waals surface area (Å²) >= 11 is 0. The van der Waals surface area contributed by atoms with Gasteiger partial charge in [-0.25, -0.2) is 4.39 Å². The van der Waals surface area contributed by atoms with Crippen molar-refractivity contribution in [2.45, 2.75) is 6.42 Å². The number of amidine groups is 1. The van der Waals surface area contributed by atoms with E-state index in [-0.39, 0.29) is 43.3 Å². The summed E-state index contributed by atoms with van der Waals surface area (Å²) in [5.74, 6) is -1.66. The third-order valence-corrected chi connectivity index (χ3v) is 2.80. The molecule has 0 saturated carbocycles. The Labute approximate surface area is 121 Å². The number of halogens is 1. The first-order chi connectivity index (χ1) is 9.99. The Morgan fingerprint density at radius 1 is 1.48 bits per heavy atom. The van der Waals surface area contributed by atoms with E-state index in [2.05, 4.69) is 5.16 Å². The maximum absolute atomic E-state index is 13.7. The summed E-state index contributed by atoms with van der Waals surface area (Å²) in [5, 5.41) is 20.5. The Morgan fingerprint density at radius 3 is 2.76 bits per heavy atom. The number of aromatic hydroxyl groups is 1. The maximum Gasteiger partial charge on any atom is 0.256 e. The van der Waals surface area contributed by atoms with Gasteiger partial charge in [0.1, 0.15) is 17.4 Å². The van der Waals surface area contributed by atoms with Gasteiger partial charge in [0.05, 0.1) is 12.2 Å². The van der Waals surface area contributed by atoms with Gasteiger partial charge in [0.2, 0.25) is 0 Å². The SMILES string of the molecule is COCCN(CC/C(N)=N/O)C(=O)c1ccc(O)cc1F. The quantitative estimate of drug-likeness (QED) is 0.298. The molecule has 4 N–H and O–H groups in total. The minimum atomic E-state index is -0.814. The van der Waals surface area contributed by atoms with Gasteiger partial charge in [0, 0.05) is 32.7 Å². The lowest BCUT2D eigenvalue weighted by Gasteiger charge is -2.22. The van der Waals surface area contributed by atoms with Crippen LogP contribution in [0.15, 0.2) is 23.4 Å². The number of ether oxygens (including phenoxy) is 1. The van der Waals surface area contributed by atoms with Gasteiger partial charge in [0.15, 0.2) is 0 Å². The van der Waals surface area contributed by atoms with E-state index in [0.29, 0.717) is 0 Å². The van der Waals surface area contributed by atoms with Crippen LogP contribution in [-0.2, 0) is 4.74 Å². The molecule has 0 aliphatic carbocycles. The monoisotopic (exact) mass is 299 g/mol. The number of carbonyl (C=O) groups excluding carboxylic acids is 1. The largest absolute Gasteiger partial charge is 0.508 e. The molecule has 0 aliphatic rings. The molecule has 0 heterocycles. The van der Waals surface area contributed by atoms with Crippen LogP contribution >= 0.6 is 0 Å². The molecule has 0 unspecified atom stereocenters. The lowest BCUT2D eigenvalue weighted by Crippen LogP contribution is -2.37. The Morgan fingerprint density at radius 2 is 2.19 bits per heavy atom. The predicted octanol–water partition coefficient (Wildman–Crippen LogP) is 0.756. The van der Waals surface area contributed by atoms with E-state index in [1.807, 2.05) is 0 Å². The topological polar surface area (TPSA) is 108 Å².